The van der Waals surface area contributed by atoms with E-state index in [0.717, 1.165) is 11.1 Å². The first-order valence-electron chi connectivity index (χ1n) is 7.47. The topological polar surface area (TPSA) is 49.4 Å². The van der Waals surface area contributed by atoms with Crippen molar-refractivity contribution in [2.75, 3.05) is 19.6 Å². The molecule has 22 heavy (non-hydrogen) atoms. The van der Waals surface area contributed by atoms with Gasteiger partial charge in [-0.3, -0.25) is 0 Å². The third-order valence-electron chi connectivity index (χ3n) is 3.99. The van der Waals surface area contributed by atoms with E-state index in [1.165, 1.54) is 0 Å². The molecule has 0 spiro atoms. The summed E-state index contributed by atoms with van der Waals surface area (Å²) >= 11 is 0. The molecule has 116 valence electrons. The predicted octanol–water partition coefficient (Wildman–Crippen LogP) is 2.34. The van der Waals surface area contributed by atoms with Crippen molar-refractivity contribution < 1.29 is 8.42 Å². The van der Waals surface area contributed by atoms with Crippen LogP contribution in [-0.2, 0) is 10.0 Å². The van der Waals surface area contributed by atoms with Crippen molar-refractivity contribution in [3.63, 3.8) is 0 Å². The quantitative estimate of drug-likeness (QED) is 0.945. The first-order valence-corrected chi connectivity index (χ1v) is 8.91. The molecule has 1 aliphatic rings. The first kappa shape index (κ1) is 15.2. The maximum absolute atomic E-state index is 12.9. The number of rotatable bonds is 3. The molecule has 0 bridgehead atoms. The highest BCUT2D eigenvalue weighted by molar-refractivity contribution is 7.89. The normalized spacial score (nSPS) is 20.0. The number of piperazine rings is 1. The number of benzene rings is 2. The van der Waals surface area contributed by atoms with Gasteiger partial charge in [0.05, 0.1) is 4.90 Å². The van der Waals surface area contributed by atoms with Gasteiger partial charge in [-0.1, -0.05) is 42.5 Å². The second-order valence-electron chi connectivity index (χ2n) is 5.56. The molecular formula is C17H20N2O2S. The number of nitrogens with zero attached hydrogens (tertiary/aromatic N) is 1. The third-order valence-corrected chi connectivity index (χ3v) is 6.00. The van der Waals surface area contributed by atoms with E-state index in [2.05, 4.69) is 5.32 Å². The molecule has 1 atom stereocenters. The summed E-state index contributed by atoms with van der Waals surface area (Å²) in [6.07, 6.45) is 0. The molecule has 0 radical (unpaired) electrons. The van der Waals surface area contributed by atoms with Crippen LogP contribution in [0.15, 0.2) is 59.5 Å². The monoisotopic (exact) mass is 316 g/mol. The van der Waals surface area contributed by atoms with Gasteiger partial charge < -0.3 is 5.32 Å². The zero-order valence-corrected chi connectivity index (χ0v) is 13.4. The molecule has 1 heterocycles. The van der Waals surface area contributed by atoms with Crippen LogP contribution >= 0.6 is 0 Å². The van der Waals surface area contributed by atoms with E-state index in [9.17, 15) is 8.42 Å². The summed E-state index contributed by atoms with van der Waals surface area (Å²) in [5.74, 6) is 0. The van der Waals surface area contributed by atoms with Gasteiger partial charge in [0, 0.05) is 25.7 Å². The molecule has 1 N–H and O–H groups in total. The molecule has 0 unspecified atom stereocenters. The Morgan fingerprint density at radius 1 is 1.05 bits per heavy atom. The largest absolute Gasteiger partial charge is 0.314 e. The molecule has 1 fully saturated rings. The Hall–Kier alpha value is -1.69. The van der Waals surface area contributed by atoms with Crippen molar-refractivity contribution >= 4 is 10.0 Å². The van der Waals surface area contributed by atoms with E-state index in [1.54, 1.807) is 16.4 Å². The number of hydrogen-bond acceptors (Lipinski definition) is 3. The first-order chi connectivity index (χ1) is 10.6. The van der Waals surface area contributed by atoms with Crippen molar-refractivity contribution in [2.45, 2.75) is 17.9 Å². The maximum atomic E-state index is 12.9. The van der Waals surface area contributed by atoms with Crippen molar-refractivity contribution in [2.24, 2.45) is 0 Å². The summed E-state index contributed by atoms with van der Waals surface area (Å²) in [7, 11) is -3.45. The van der Waals surface area contributed by atoms with E-state index in [0.29, 0.717) is 24.5 Å². The van der Waals surface area contributed by atoms with Gasteiger partial charge in [0.25, 0.3) is 0 Å². The number of nitrogens with one attached hydrogen (secondary N) is 1. The van der Waals surface area contributed by atoms with Crippen LogP contribution < -0.4 is 5.32 Å². The lowest BCUT2D eigenvalue weighted by molar-refractivity contribution is 0.284. The Balaban J connectivity index is 1.98. The summed E-state index contributed by atoms with van der Waals surface area (Å²) in [6, 6.07) is 17.0. The molecule has 0 aliphatic carbocycles. The van der Waals surface area contributed by atoms with E-state index in [1.807, 2.05) is 49.4 Å². The van der Waals surface area contributed by atoms with Crippen LogP contribution in [-0.4, -0.2) is 38.4 Å². The minimum Gasteiger partial charge on any atom is -0.314 e. The van der Waals surface area contributed by atoms with Crippen LogP contribution in [0, 0.1) is 0 Å². The highest BCUT2D eigenvalue weighted by atomic mass is 32.2. The summed E-state index contributed by atoms with van der Waals surface area (Å²) in [6.45, 7) is 3.84. The van der Waals surface area contributed by atoms with Crippen LogP contribution in [0.25, 0.3) is 11.1 Å². The molecule has 4 nitrogen and oxygen atoms in total. The van der Waals surface area contributed by atoms with Gasteiger partial charge >= 0.3 is 0 Å². The van der Waals surface area contributed by atoms with Gasteiger partial charge in [-0.25, -0.2) is 8.42 Å². The maximum Gasteiger partial charge on any atom is 0.243 e. The van der Waals surface area contributed by atoms with Gasteiger partial charge in [-0.15, -0.1) is 0 Å². The lowest BCUT2D eigenvalue weighted by atomic mass is 10.1. The lowest BCUT2D eigenvalue weighted by Gasteiger charge is -2.32. The minimum atomic E-state index is -3.45. The molecule has 2 aromatic carbocycles. The van der Waals surface area contributed by atoms with Gasteiger partial charge in [0.2, 0.25) is 10.0 Å². The van der Waals surface area contributed by atoms with E-state index >= 15 is 0 Å². The Morgan fingerprint density at radius 3 is 2.50 bits per heavy atom. The fraction of sp³-hybridized carbons (Fsp3) is 0.294. The molecule has 2 aromatic rings. The van der Waals surface area contributed by atoms with Crippen LogP contribution in [0.1, 0.15) is 6.92 Å². The third kappa shape index (κ3) is 2.92. The van der Waals surface area contributed by atoms with Crippen LogP contribution in [0.4, 0.5) is 0 Å². The molecule has 0 aromatic heterocycles. The summed E-state index contributed by atoms with van der Waals surface area (Å²) in [5.41, 5.74) is 1.94. The molecule has 3 rings (SSSR count). The van der Waals surface area contributed by atoms with Crippen LogP contribution in [0.5, 0.6) is 0 Å². The standard InChI is InChI=1S/C17H20N2O2S/c1-14-13-18-10-11-19(14)22(20,21)17-9-5-8-16(12-17)15-6-3-2-4-7-15/h2-9,12,14,18H,10-11,13H2,1H3/t14-/m0/s1. The second-order valence-corrected chi connectivity index (χ2v) is 7.45. The van der Waals surface area contributed by atoms with Gasteiger partial charge in [-0.2, -0.15) is 4.31 Å². The predicted molar refractivity (Wildman–Crippen MR) is 88.1 cm³/mol. The molecule has 0 amide bonds. The Labute approximate surface area is 131 Å². The average molecular weight is 316 g/mol. The highest BCUT2D eigenvalue weighted by Crippen LogP contribution is 2.25. The van der Waals surface area contributed by atoms with E-state index < -0.39 is 10.0 Å². The Morgan fingerprint density at radius 2 is 1.77 bits per heavy atom. The van der Waals surface area contributed by atoms with Crippen molar-refractivity contribution in [3.05, 3.63) is 54.6 Å². The molecule has 1 aliphatic heterocycles. The highest BCUT2D eigenvalue weighted by Gasteiger charge is 2.30. The molecular weight excluding hydrogens is 296 g/mol. The minimum absolute atomic E-state index is 0.0286. The molecule has 5 heteroatoms. The average Bonchev–Trinajstić information content (AvgIpc) is 2.56. The van der Waals surface area contributed by atoms with Crippen molar-refractivity contribution in [1.29, 1.82) is 0 Å². The van der Waals surface area contributed by atoms with Gasteiger partial charge in [0.1, 0.15) is 0 Å². The lowest BCUT2D eigenvalue weighted by Crippen LogP contribution is -2.52. The van der Waals surface area contributed by atoms with Crippen LogP contribution in [0.3, 0.4) is 0 Å². The SMILES string of the molecule is C[C@H]1CNCCN1S(=O)(=O)c1cccc(-c2ccccc2)c1. The van der Waals surface area contributed by atoms with E-state index in [4.69, 9.17) is 0 Å². The summed E-state index contributed by atoms with van der Waals surface area (Å²) in [5, 5.41) is 3.22. The Bertz CT molecular complexity index is 744. The smallest absolute Gasteiger partial charge is 0.243 e. The summed E-state index contributed by atoms with van der Waals surface area (Å²) < 4.78 is 27.3. The number of hydrogen-bond donors (Lipinski definition) is 1. The zero-order chi connectivity index (χ0) is 15.6. The Kier molecular flexibility index (Phi) is 4.29. The fourth-order valence-corrected chi connectivity index (χ4v) is 4.46. The molecule has 1 saturated heterocycles. The fourth-order valence-electron chi connectivity index (χ4n) is 2.78. The van der Waals surface area contributed by atoms with E-state index in [-0.39, 0.29) is 6.04 Å². The van der Waals surface area contributed by atoms with Crippen molar-refractivity contribution in [3.8, 4) is 11.1 Å². The van der Waals surface area contributed by atoms with Gasteiger partial charge in [0.15, 0.2) is 0 Å². The molecule has 0 saturated carbocycles. The number of sulfonamides is 1. The summed E-state index contributed by atoms with van der Waals surface area (Å²) in [4.78, 5) is 0.364. The van der Waals surface area contributed by atoms with Crippen LogP contribution in [0.2, 0.25) is 0 Å². The second kappa shape index (κ2) is 6.20. The van der Waals surface area contributed by atoms with Gasteiger partial charge in [-0.05, 0) is 30.2 Å². The van der Waals surface area contributed by atoms with Crippen molar-refractivity contribution in [1.82, 2.24) is 9.62 Å². The zero-order valence-electron chi connectivity index (χ0n) is 12.6.